The van der Waals surface area contributed by atoms with Crippen LogP contribution in [0, 0.1) is 0 Å². The zero-order valence-electron chi connectivity index (χ0n) is 16.9. The van der Waals surface area contributed by atoms with E-state index >= 15 is 0 Å². The maximum absolute atomic E-state index is 12.7. The number of hydrogen-bond donors (Lipinski definition) is 2. The number of para-hydroxylation sites is 1. The van der Waals surface area contributed by atoms with Crippen molar-refractivity contribution in [3.63, 3.8) is 0 Å². The van der Waals surface area contributed by atoms with Gasteiger partial charge in [-0.25, -0.2) is 19.7 Å². The van der Waals surface area contributed by atoms with Crippen LogP contribution in [0.1, 0.15) is 5.56 Å². The average Bonchev–Trinajstić information content (AvgIpc) is 3.40. The van der Waals surface area contributed by atoms with Crippen LogP contribution in [0.3, 0.4) is 0 Å². The van der Waals surface area contributed by atoms with Crippen LogP contribution in [-0.2, 0) is 13.5 Å². The molecule has 2 amide bonds. The van der Waals surface area contributed by atoms with Crippen LogP contribution in [0.4, 0.5) is 28.1 Å². The first-order chi connectivity index (χ1) is 15.2. The van der Waals surface area contributed by atoms with Crippen LogP contribution < -0.4 is 15.5 Å². The van der Waals surface area contributed by atoms with Gasteiger partial charge < -0.3 is 10.6 Å². The van der Waals surface area contributed by atoms with Crippen molar-refractivity contribution in [1.82, 2.24) is 24.7 Å². The molecule has 0 spiro atoms. The second-order valence-electron chi connectivity index (χ2n) is 7.14. The lowest BCUT2D eigenvalue weighted by atomic mass is 10.1. The number of aryl methyl sites for hydroxylation is 1. The molecule has 0 unspecified atom stereocenters. The summed E-state index contributed by atoms with van der Waals surface area (Å²) in [6.07, 6.45) is 5.89. The third-order valence-corrected chi connectivity index (χ3v) is 5.09. The molecule has 3 aromatic heterocycles. The first-order valence-corrected chi connectivity index (χ1v) is 9.88. The van der Waals surface area contributed by atoms with Crippen LogP contribution in [0.15, 0.2) is 67.1 Å². The molecule has 2 N–H and O–H groups in total. The number of hydrogen-bond acceptors (Lipinski definition) is 6. The molecule has 31 heavy (non-hydrogen) atoms. The Bertz CT molecular complexity index is 1240. The van der Waals surface area contributed by atoms with E-state index in [1.54, 1.807) is 28.2 Å². The number of benzene rings is 1. The number of rotatable bonds is 4. The Morgan fingerprint density at radius 1 is 1.06 bits per heavy atom. The lowest BCUT2D eigenvalue weighted by molar-refractivity contribution is 0.257. The van der Waals surface area contributed by atoms with Crippen molar-refractivity contribution < 1.29 is 4.79 Å². The van der Waals surface area contributed by atoms with Gasteiger partial charge in [0.1, 0.15) is 11.6 Å². The predicted octanol–water partition coefficient (Wildman–Crippen LogP) is 3.61. The molecule has 0 saturated carbocycles. The Hall–Kier alpha value is -4.27. The Morgan fingerprint density at radius 2 is 1.94 bits per heavy atom. The number of amides is 2. The molecule has 1 aromatic carbocycles. The lowest BCUT2D eigenvalue weighted by Gasteiger charge is -2.17. The van der Waals surface area contributed by atoms with Gasteiger partial charge in [0, 0.05) is 43.3 Å². The van der Waals surface area contributed by atoms with Crippen molar-refractivity contribution in [3.8, 4) is 11.3 Å². The van der Waals surface area contributed by atoms with E-state index in [4.69, 9.17) is 0 Å². The summed E-state index contributed by atoms with van der Waals surface area (Å²) in [7, 11) is 1.84. The Morgan fingerprint density at radius 3 is 2.74 bits per heavy atom. The number of urea groups is 1. The highest BCUT2D eigenvalue weighted by molar-refractivity contribution is 6.02. The fraction of sp³-hybridized carbons (Fsp3) is 0.136. The molecule has 5 rings (SSSR count). The van der Waals surface area contributed by atoms with Crippen LogP contribution in [0.25, 0.3) is 11.3 Å². The monoisotopic (exact) mass is 412 g/mol. The molecule has 9 heteroatoms. The maximum atomic E-state index is 12.7. The largest absolute Gasteiger partial charge is 0.327 e. The zero-order chi connectivity index (χ0) is 21.2. The van der Waals surface area contributed by atoms with E-state index in [1.807, 2.05) is 55.6 Å². The smallest absolute Gasteiger partial charge is 0.309 e. The van der Waals surface area contributed by atoms with Crippen molar-refractivity contribution in [2.24, 2.45) is 7.05 Å². The molecular weight excluding hydrogens is 392 g/mol. The van der Waals surface area contributed by atoms with Crippen molar-refractivity contribution >= 4 is 29.3 Å². The van der Waals surface area contributed by atoms with Gasteiger partial charge in [-0.1, -0.05) is 18.2 Å². The predicted molar refractivity (Wildman–Crippen MR) is 118 cm³/mol. The number of pyridine rings is 1. The molecular formula is C22H20N8O. The Balaban J connectivity index is 1.36. The van der Waals surface area contributed by atoms with Gasteiger partial charge in [-0.15, -0.1) is 0 Å². The van der Waals surface area contributed by atoms with Crippen molar-refractivity contribution in [2.45, 2.75) is 6.42 Å². The third kappa shape index (κ3) is 3.80. The minimum atomic E-state index is -0.185. The minimum absolute atomic E-state index is 0.185. The van der Waals surface area contributed by atoms with Gasteiger partial charge >= 0.3 is 6.03 Å². The van der Waals surface area contributed by atoms with Crippen LogP contribution in [0.2, 0.25) is 0 Å². The average molecular weight is 412 g/mol. The molecule has 0 radical (unpaired) electrons. The third-order valence-electron chi connectivity index (χ3n) is 5.09. The fourth-order valence-electron chi connectivity index (χ4n) is 3.51. The highest BCUT2D eigenvalue weighted by Gasteiger charge is 2.26. The van der Waals surface area contributed by atoms with Crippen LogP contribution >= 0.6 is 0 Å². The van der Waals surface area contributed by atoms with Gasteiger partial charge in [0.15, 0.2) is 0 Å². The van der Waals surface area contributed by atoms with E-state index in [0.717, 1.165) is 34.7 Å². The molecule has 4 aromatic rings. The van der Waals surface area contributed by atoms with Gasteiger partial charge in [-0.2, -0.15) is 5.10 Å². The van der Waals surface area contributed by atoms with Gasteiger partial charge in [-0.05, 0) is 36.2 Å². The SMILES string of the molecule is Cn1nccc1Nc1nccc(-c2cnc3c(c2)CCN3C(=O)Nc2ccccc2)n1. The van der Waals surface area contributed by atoms with Gasteiger partial charge in [-0.3, -0.25) is 9.58 Å². The maximum Gasteiger partial charge on any atom is 0.327 e. The number of nitrogens with one attached hydrogen (secondary N) is 2. The molecule has 1 aliphatic heterocycles. The number of carbonyl (C=O) groups is 1. The molecule has 1 aliphatic rings. The first kappa shape index (κ1) is 18.7. The van der Waals surface area contributed by atoms with E-state index in [9.17, 15) is 4.79 Å². The Kier molecular flexibility index (Phi) is 4.75. The van der Waals surface area contributed by atoms with Crippen molar-refractivity contribution in [1.29, 1.82) is 0 Å². The molecule has 0 atom stereocenters. The van der Waals surface area contributed by atoms with Gasteiger partial charge in [0.25, 0.3) is 0 Å². The molecule has 0 bridgehead atoms. The van der Waals surface area contributed by atoms with Gasteiger partial charge in [0.2, 0.25) is 5.95 Å². The number of fused-ring (bicyclic) bond motifs is 1. The molecule has 0 aliphatic carbocycles. The van der Waals surface area contributed by atoms with E-state index < -0.39 is 0 Å². The summed E-state index contributed by atoms with van der Waals surface area (Å²) >= 11 is 0. The van der Waals surface area contributed by atoms with E-state index in [-0.39, 0.29) is 6.03 Å². The summed E-state index contributed by atoms with van der Waals surface area (Å²) in [6.45, 7) is 0.585. The second kappa shape index (κ2) is 7.86. The normalized spacial score (nSPS) is 12.5. The summed E-state index contributed by atoms with van der Waals surface area (Å²) in [5.41, 5.74) is 3.40. The highest BCUT2D eigenvalue weighted by Crippen LogP contribution is 2.30. The summed E-state index contributed by atoms with van der Waals surface area (Å²) < 4.78 is 1.71. The second-order valence-corrected chi connectivity index (χ2v) is 7.14. The first-order valence-electron chi connectivity index (χ1n) is 9.88. The molecule has 4 heterocycles. The van der Waals surface area contributed by atoms with Crippen LogP contribution in [-0.4, -0.2) is 37.3 Å². The fourth-order valence-corrected chi connectivity index (χ4v) is 3.51. The number of nitrogens with zero attached hydrogens (tertiary/aromatic N) is 6. The summed E-state index contributed by atoms with van der Waals surface area (Å²) in [5, 5.41) is 10.2. The topological polar surface area (TPSA) is 101 Å². The molecule has 0 saturated heterocycles. The van der Waals surface area contributed by atoms with E-state index in [0.29, 0.717) is 18.3 Å². The summed E-state index contributed by atoms with van der Waals surface area (Å²) in [5.74, 6) is 1.95. The molecule has 154 valence electrons. The standard InChI is InChI=1S/C22H20N8O/c1-29-19(8-11-25-29)28-21-23-10-7-18(27-21)16-13-15-9-12-30(20(15)24-14-16)22(31)26-17-5-3-2-4-6-17/h2-8,10-11,13-14H,9,12H2,1H3,(H,26,31)(H,23,27,28). The van der Waals surface area contributed by atoms with Crippen LogP contribution in [0.5, 0.6) is 0 Å². The zero-order valence-corrected chi connectivity index (χ0v) is 16.9. The number of anilines is 4. The molecule has 0 fully saturated rings. The van der Waals surface area contributed by atoms with E-state index in [1.165, 1.54) is 0 Å². The van der Waals surface area contributed by atoms with Gasteiger partial charge in [0.05, 0.1) is 11.9 Å². The lowest BCUT2D eigenvalue weighted by Crippen LogP contribution is -2.33. The molecule has 9 nitrogen and oxygen atoms in total. The van der Waals surface area contributed by atoms with E-state index in [2.05, 4.69) is 30.7 Å². The number of carbonyl (C=O) groups excluding carboxylic acids is 1. The number of aromatic nitrogens is 5. The minimum Gasteiger partial charge on any atom is -0.309 e. The summed E-state index contributed by atoms with van der Waals surface area (Å²) in [6, 6.07) is 14.9. The highest BCUT2D eigenvalue weighted by atomic mass is 16.2. The quantitative estimate of drug-likeness (QED) is 0.531. The Labute approximate surface area is 178 Å². The van der Waals surface area contributed by atoms with Crippen molar-refractivity contribution in [2.75, 3.05) is 22.1 Å². The summed E-state index contributed by atoms with van der Waals surface area (Å²) in [4.78, 5) is 27.8. The van der Waals surface area contributed by atoms with Crippen molar-refractivity contribution in [3.05, 3.63) is 72.7 Å².